The molecule has 0 spiro atoms. The standard InChI is InChI=1S/C34H46/c1-5-7-9-11-13-15-17-27-23-25(3)29-20-22-32-28(18-16-14-12-10-8-6-2)24-26(4)30-19-21-31(27)33(29)34(30)32/h19-24H,5-18H2,1-4H3. The third-order valence-electron chi connectivity index (χ3n) is 8.08. The molecular weight excluding hydrogens is 408 g/mol. The molecule has 0 nitrogen and oxygen atoms in total. The van der Waals surface area contributed by atoms with E-state index in [9.17, 15) is 0 Å². The minimum atomic E-state index is 1.21. The maximum Gasteiger partial charge on any atom is -0.00212 e. The second-order valence-electron chi connectivity index (χ2n) is 10.8. The highest BCUT2D eigenvalue weighted by Gasteiger charge is 2.16. The second kappa shape index (κ2) is 12.1. The molecule has 0 N–H and O–H groups in total. The van der Waals surface area contributed by atoms with E-state index in [2.05, 4.69) is 64.1 Å². The van der Waals surface area contributed by atoms with Crippen LogP contribution in [0.25, 0.3) is 32.3 Å². The zero-order valence-corrected chi connectivity index (χ0v) is 22.4. The topological polar surface area (TPSA) is 0 Å². The highest BCUT2D eigenvalue weighted by molar-refractivity contribution is 6.25. The Labute approximate surface area is 208 Å². The van der Waals surface area contributed by atoms with Crippen LogP contribution in [0.1, 0.15) is 113 Å². The van der Waals surface area contributed by atoms with Crippen LogP contribution in [0.2, 0.25) is 0 Å². The van der Waals surface area contributed by atoms with Crippen molar-refractivity contribution >= 4 is 32.3 Å². The third kappa shape index (κ3) is 5.42. The highest BCUT2D eigenvalue weighted by Crippen LogP contribution is 2.40. The van der Waals surface area contributed by atoms with Gasteiger partial charge in [-0.05, 0) is 94.1 Å². The Kier molecular flexibility index (Phi) is 8.87. The van der Waals surface area contributed by atoms with Crippen LogP contribution in [0, 0.1) is 13.8 Å². The fourth-order valence-electron chi connectivity index (χ4n) is 6.13. The van der Waals surface area contributed by atoms with E-state index in [1.807, 2.05) is 0 Å². The lowest BCUT2D eigenvalue weighted by Crippen LogP contribution is -1.97. The van der Waals surface area contributed by atoms with Crippen molar-refractivity contribution in [3.63, 3.8) is 0 Å². The fraction of sp³-hybridized carbons (Fsp3) is 0.529. The number of benzene rings is 4. The van der Waals surface area contributed by atoms with Gasteiger partial charge in [-0.1, -0.05) is 114 Å². The van der Waals surface area contributed by atoms with Gasteiger partial charge in [0.2, 0.25) is 0 Å². The first-order valence-corrected chi connectivity index (χ1v) is 14.3. The summed E-state index contributed by atoms with van der Waals surface area (Å²) in [6, 6.07) is 14.6. The molecule has 0 aliphatic heterocycles. The van der Waals surface area contributed by atoms with Gasteiger partial charge in [-0.2, -0.15) is 0 Å². The van der Waals surface area contributed by atoms with Crippen LogP contribution in [0.4, 0.5) is 0 Å². The van der Waals surface area contributed by atoms with Gasteiger partial charge >= 0.3 is 0 Å². The zero-order valence-electron chi connectivity index (χ0n) is 22.4. The molecule has 0 aliphatic carbocycles. The summed E-state index contributed by atoms with van der Waals surface area (Å²) in [5.74, 6) is 0. The average molecular weight is 455 g/mol. The molecule has 0 atom stereocenters. The van der Waals surface area contributed by atoms with Crippen LogP contribution in [0.15, 0.2) is 36.4 Å². The Morgan fingerprint density at radius 3 is 1.21 bits per heavy atom. The van der Waals surface area contributed by atoms with Crippen molar-refractivity contribution in [2.75, 3.05) is 0 Å². The molecule has 0 aliphatic rings. The molecule has 182 valence electrons. The van der Waals surface area contributed by atoms with E-state index >= 15 is 0 Å². The molecular formula is C34H46. The van der Waals surface area contributed by atoms with Crippen molar-refractivity contribution in [2.45, 2.75) is 118 Å². The summed E-state index contributed by atoms with van der Waals surface area (Å²) in [6.45, 7) is 9.24. The van der Waals surface area contributed by atoms with Gasteiger partial charge in [-0.3, -0.25) is 0 Å². The summed E-state index contributed by atoms with van der Waals surface area (Å²) in [7, 11) is 0. The first-order valence-electron chi connectivity index (χ1n) is 14.3. The lowest BCUT2D eigenvalue weighted by molar-refractivity contribution is 0.608. The molecule has 0 unspecified atom stereocenters. The predicted molar refractivity (Wildman–Crippen MR) is 154 cm³/mol. The smallest absolute Gasteiger partial charge is 0.00212 e. The number of hydrogen-bond donors (Lipinski definition) is 0. The minimum absolute atomic E-state index is 1.21. The van der Waals surface area contributed by atoms with E-state index in [4.69, 9.17) is 0 Å². The Bertz CT molecular complexity index is 1100. The molecule has 0 fully saturated rings. The number of hydrogen-bond acceptors (Lipinski definition) is 0. The van der Waals surface area contributed by atoms with Crippen LogP contribution in [-0.2, 0) is 12.8 Å². The van der Waals surface area contributed by atoms with E-state index in [1.165, 1.54) is 133 Å². The van der Waals surface area contributed by atoms with Gasteiger partial charge in [-0.25, -0.2) is 0 Å². The molecule has 34 heavy (non-hydrogen) atoms. The van der Waals surface area contributed by atoms with E-state index in [0.717, 1.165) is 0 Å². The Hall–Kier alpha value is -2.08. The molecule has 4 aromatic rings. The predicted octanol–water partition coefficient (Wildman–Crippen LogP) is 11.0. The number of rotatable bonds is 14. The first kappa shape index (κ1) is 25.0. The van der Waals surface area contributed by atoms with Gasteiger partial charge in [-0.15, -0.1) is 0 Å². The number of unbranched alkanes of at least 4 members (excludes halogenated alkanes) is 10. The van der Waals surface area contributed by atoms with Crippen molar-refractivity contribution in [3.8, 4) is 0 Å². The highest BCUT2D eigenvalue weighted by atomic mass is 14.2. The molecule has 0 amide bonds. The lowest BCUT2D eigenvalue weighted by atomic mass is 9.85. The van der Waals surface area contributed by atoms with Gasteiger partial charge < -0.3 is 0 Å². The van der Waals surface area contributed by atoms with Gasteiger partial charge in [0.25, 0.3) is 0 Å². The fourth-order valence-corrected chi connectivity index (χ4v) is 6.13. The Balaban J connectivity index is 1.65. The summed E-state index contributed by atoms with van der Waals surface area (Å²) >= 11 is 0. The van der Waals surface area contributed by atoms with Gasteiger partial charge in [0.1, 0.15) is 0 Å². The molecule has 0 aromatic heterocycles. The van der Waals surface area contributed by atoms with Crippen LogP contribution in [-0.4, -0.2) is 0 Å². The van der Waals surface area contributed by atoms with E-state index in [0.29, 0.717) is 0 Å². The maximum atomic E-state index is 2.48. The van der Waals surface area contributed by atoms with Crippen LogP contribution >= 0.6 is 0 Å². The molecule has 4 aromatic carbocycles. The van der Waals surface area contributed by atoms with E-state index < -0.39 is 0 Å². The van der Waals surface area contributed by atoms with Crippen LogP contribution in [0.3, 0.4) is 0 Å². The average Bonchev–Trinajstić information content (AvgIpc) is 2.84. The number of aryl methyl sites for hydroxylation is 4. The monoisotopic (exact) mass is 454 g/mol. The maximum absolute atomic E-state index is 2.48. The van der Waals surface area contributed by atoms with Crippen LogP contribution < -0.4 is 0 Å². The second-order valence-corrected chi connectivity index (χ2v) is 10.8. The summed E-state index contributed by atoms with van der Waals surface area (Å²) in [5, 5.41) is 8.98. The van der Waals surface area contributed by atoms with Crippen molar-refractivity contribution in [1.29, 1.82) is 0 Å². The van der Waals surface area contributed by atoms with Crippen molar-refractivity contribution in [3.05, 3.63) is 58.7 Å². The van der Waals surface area contributed by atoms with Crippen molar-refractivity contribution in [1.82, 2.24) is 0 Å². The van der Waals surface area contributed by atoms with Crippen LogP contribution in [0.5, 0.6) is 0 Å². The normalized spacial score (nSPS) is 12.0. The summed E-state index contributed by atoms with van der Waals surface area (Å²) in [5.41, 5.74) is 6.02. The molecule has 4 rings (SSSR count). The Morgan fingerprint density at radius 2 is 0.794 bits per heavy atom. The quantitative estimate of drug-likeness (QED) is 0.131. The summed E-state index contributed by atoms with van der Waals surface area (Å²) in [4.78, 5) is 0. The zero-order chi connectivity index (χ0) is 23.9. The van der Waals surface area contributed by atoms with Gasteiger partial charge in [0.05, 0.1) is 0 Å². The van der Waals surface area contributed by atoms with E-state index in [-0.39, 0.29) is 0 Å². The molecule has 0 bridgehead atoms. The van der Waals surface area contributed by atoms with Gasteiger partial charge in [0, 0.05) is 0 Å². The summed E-state index contributed by atoms with van der Waals surface area (Å²) in [6.07, 6.45) is 18.8. The lowest BCUT2D eigenvalue weighted by Gasteiger charge is -2.19. The molecule has 0 heteroatoms. The van der Waals surface area contributed by atoms with Gasteiger partial charge in [0.15, 0.2) is 0 Å². The first-order chi connectivity index (χ1) is 16.7. The SMILES string of the molecule is CCCCCCCCc1cc(C)c2ccc3c(CCCCCCCC)cc(C)c4ccc1c2c43. The minimum Gasteiger partial charge on any atom is -0.0654 e. The van der Waals surface area contributed by atoms with Crippen molar-refractivity contribution in [2.24, 2.45) is 0 Å². The third-order valence-corrected chi connectivity index (χ3v) is 8.08. The van der Waals surface area contributed by atoms with E-state index in [1.54, 1.807) is 11.1 Å². The summed E-state index contributed by atoms with van der Waals surface area (Å²) < 4.78 is 0. The molecule has 0 saturated heterocycles. The molecule has 0 radical (unpaired) electrons. The molecule has 0 saturated carbocycles. The Morgan fingerprint density at radius 1 is 0.441 bits per heavy atom. The molecule has 0 heterocycles. The largest absolute Gasteiger partial charge is 0.0654 e. The van der Waals surface area contributed by atoms with Crippen molar-refractivity contribution < 1.29 is 0 Å².